The van der Waals surface area contributed by atoms with Crippen LogP contribution in [0.3, 0.4) is 0 Å². The van der Waals surface area contributed by atoms with Crippen LogP contribution in [0.5, 0.6) is 0 Å². The second kappa shape index (κ2) is 8.56. The first-order chi connectivity index (χ1) is 8.24. The number of aliphatic hydroxyl groups is 1. The van der Waals surface area contributed by atoms with Gasteiger partial charge in [-0.2, -0.15) is 11.8 Å². The molecule has 0 fully saturated rings. The Morgan fingerprint density at radius 3 is 2.65 bits per heavy atom. The standard InChI is InChI=1S/C14H23NOS/c1-2-3-9-17-11-14(16)13(15)10-12-7-5-4-6-8-12/h4-8,13-14,16H,2-3,9-11,15H2,1H3. The van der Waals surface area contributed by atoms with E-state index < -0.39 is 6.10 Å². The van der Waals surface area contributed by atoms with Crippen molar-refractivity contribution in [2.45, 2.75) is 38.3 Å². The zero-order valence-corrected chi connectivity index (χ0v) is 11.3. The summed E-state index contributed by atoms with van der Waals surface area (Å²) in [5, 5.41) is 9.93. The summed E-state index contributed by atoms with van der Waals surface area (Å²) in [5.74, 6) is 1.86. The molecule has 0 aliphatic carbocycles. The van der Waals surface area contributed by atoms with Gasteiger partial charge in [0.25, 0.3) is 0 Å². The predicted octanol–water partition coefficient (Wildman–Crippen LogP) is 2.45. The number of hydrogen-bond acceptors (Lipinski definition) is 3. The van der Waals surface area contributed by atoms with Gasteiger partial charge in [-0.05, 0) is 24.2 Å². The van der Waals surface area contributed by atoms with Crippen molar-refractivity contribution in [1.82, 2.24) is 0 Å². The highest BCUT2D eigenvalue weighted by Crippen LogP contribution is 2.11. The van der Waals surface area contributed by atoms with E-state index in [-0.39, 0.29) is 6.04 Å². The molecule has 96 valence electrons. The van der Waals surface area contributed by atoms with Crippen molar-refractivity contribution in [3.8, 4) is 0 Å². The predicted molar refractivity (Wildman–Crippen MR) is 76.4 cm³/mol. The summed E-state index contributed by atoms with van der Waals surface area (Å²) in [6, 6.07) is 9.95. The van der Waals surface area contributed by atoms with E-state index in [1.54, 1.807) is 11.8 Å². The van der Waals surface area contributed by atoms with Gasteiger partial charge in [0.2, 0.25) is 0 Å². The fourth-order valence-corrected chi connectivity index (χ4v) is 2.74. The molecule has 3 N–H and O–H groups in total. The molecule has 2 unspecified atom stereocenters. The Balaban J connectivity index is 2.24. The Labute approximate surface area is 109 Å². The summed E-state index contributed by atoms with van der Waals surface area (Å²) in [7, 11) is 0. The number of aliphatic hydroxyl groups excluding tert-OH is 1. The molecule has 2 nitrogen and oxygen atoms in total. The topological polar surface area (TPSA) is 46.2 Å². The first kappa shape index (κ1) is 14.6. The SMILES string of the molecule is CCCCSCC(O)C(N)Cc1ccccc1. The van der Waals surface area contributed by atoms with Gasteiger partial charge in [-0.3, -0.25) is 0 Å². The molecule has 1 rings (SSSR count). The van der Waals surface area contributed by atoms with Gasteiger partial charge < -0.3 is 10.8 Å². The van der Waals surface area contributed by atoms with Gasteiger partial charge in [0, 0.05) is 11.8 Å². The Bertz CT molecular complexity index is 292. The largest absolute Gasteiger partial charge is 0.391 e. The average Bonchev–Trinajstić information content (AvgIpc) is 2.35. The van der Waals surface area contributed by atoms with Gasteiger partial charge in [0.05, 0.1) is 6.10 Å². The quantitative estimate of drug-likeness (QED) is 0.700. The third-order valence-electron chi connectivity index (χ3n) is 2.74. The number of nitrogens with two attached hydrogens (primary N) is 1. The summed E-state index contributed by atoms with van der Waals surface area (Å²) in [6.07, 6.45) is 2.76. The maximum absolute atomic E-state index is 9.93. The summed E-state index contributed by atoms with van der Waals surface area (Å²) in [5.41, 5.74) is 7.19. The van der Waals surface area contributed by atoms with Crippen LogP contribution in [0, 0.1) is 0 Å². The van der Waals surface area contributed by atoms with E-state index in [4.69, 9.17) is 5.73 Å². The van der Waals surface area contributed by atoms with E-state index in [2.05, 4.69) is 19.1 Å². The summed E-state index contributed by atoms with van der Waals surface area (Å²) in [4.78, 5) is 0. The van der Waals surface area contributed by atoms with Crippen molar-refractivity contribution in [3.05, 3.63) is 35.9 Å². The molecule has 0 bridgehead atoms. The third-order valence-corrected chi connectivity index (χ3v) is 3.89. The molecule has 0 aliphatic rings. The van der Waals surface area contributed by atoms with Gasteiger partial charge in [-0.15, -0.1) is 0 Å². The lowest BCUT2D eigenvalue weighted by Gasteiger charge is -2.18. The number of benzene rings is 1. The molecule has 0 aromatic heterocycles. The van der Waals surface area contributed by atoms with Crippen LogP contribution < -0.4 is 5.73 Å². The Morgan fingerprint density at radius 1 is 1.29 bits per heavy atom. The highest BCUT2D eigenvalue weighted by molar-refractivity contribution is 7.99. The number of hydrogen-bond donors (Lipinski definition) is 2. The fraction of sp³-hybridized carbons (Fsp3) is 0.571. The van der Waals surface area contributed by atoms with Crippen LogP contribution >= 0.6 is 11.8 Å². The molecule has 0 amide bonds. The minimum absolute atomic E-state index is 0.161. The highest BCUT2D eigenvalue weighted by atomic mass is 32.2. The van der Waals surface area contributed by atoms with Gasteiger partial charge in [-0.1, -0.05) is 43.7 Å². The van der Waals surface area contributed by atoms with Crippen LogP contribution in [0.1, 0.15) is 25.3 Å². The van der Waals surface area contributed by atoms with Crippen molar-refractivity contribution >= 4 is 11.8 Å². The lowest BCUT2D eigenvalue weighted by Crippen LogP contribution is -2.38. The van der Waals surface area contributed by atoms with Crippen molar-refractivity contribution in [1.29, 1.82) is 0 Å². The average molecular weight is 253 g/mol. The fourth-order valence-electron chi connectivity index (χ4n) is 1.60. The second-order valence-corrected chi connectivity index (χ2v) is 5.50. The summed E-state index contributed by atoms with van der Waals surface area (Å²) >= 11 is 1.79. The van der Waals surface area contributed by atoms with E-state index in [1.807, 2.05) is 18.2 Å². The monoisotopic (exact) mass is 253 g/mol. The normalized spacial score (nSPS) is 14.5. The van der Waals surface area contributed by atoms with E-state index in [0.29, 0.717) is 0 Å². The molecule has 0 radical (unpaired) electrons. The zero-order chi connectivity index (χ0) is 12.5. The van der Waals surface area contributed by atoms with E-state index >= 15 is 0 Å². The first-order valence-corrected chi connectivity index (χ1v) is 7.44. The minimum Gasteiger partial charge on any atom is -0.391 e. The van der Waals surface area contributed by atoms with Crippen LogP contribution in [-0.4, -0.2) is 28.8 Å². The number of unbranched alkanes of at least 4 members (excludes halogenated alkanes) is 1. The molecule has 0 saturated heterocycles. The summed E-state index contributed by atoms with van der Waals surface area (Å²) in [6.45, 7) is 2.18. The molecule has 17 heavy (non-hydrogen) atoms. The van der Waals surface area contributed by atoms with Crippen molar-refractivity contribution in [2.24, 2.45) is 5.73 Å². The van der Waals surface area contributed by atoms with Crippen LogP contribution in [-0.2, 0) is 6.42 Å². The third kappa shape index (κ3) is 6.10. The maximum Gasteiger partial charge on any atom is 0.0784 e. The smallest absolute Gasteiger partial charge is 0.0784 e. The number of thioether (sulfide) groups is 1. The van der Waals surface area contributed by atoms with Crippen molar-refractivity contribution in [2.75, 3.05) is 11.5 Å². The molecule has 0 saturated carbocycles. The van der Waals surface area contributed by atoms with Gasteiger partial charge in [0.15, 0.2) is 0 Å². The highest BCUT2D eigenvalue weighted by Gasteiger charge is 2.14. The molecular formula is C14H23NOS. The maximum atomic E-state index is 9.93. The second-order valence-electron chi connectivity index (χ2n) is 4.35. The molecule has 1 aromatic rings. The summed E-state index contributed by atoms with van der Waals surface area (Å²) < 4.78 is 0. The molecule has 0 spiro atoms. The van der Waals surface area contributed by atoms with Crippen LogP contribution in [0.25, 0.3) is 0 Å². The van der Waals surface area contributed by atoms with Crippen molar-refractivity contribution in [3.63, 3.8) is 0 Å². The van der Waals surface area contributed by atoms with Gasteiger partial charge in [0.1, 0.15) is 0 Å². The van der Waals surface area contributed by atoms with Gasteiger partial charge in [-0.25, -0.2) is 0 Å². The number of rotatable bonds is 8. The Hall–Kier alpha value is -0.510. The van der Waals surface area contributed by atoms with Crippen LogP contribution in [0.15, 0.2) is 30.3 Å². The van der Waals surface area contributed by atoms with Crippen LogP contribution in [0.4, 0.5) is 0 Å². The van der Waals surface area contributed by atoms with E-state index in [0.717, 1.165) is 17.9 Å². The Morgan fingerprint density at radius 2 is 2.00 bits per heavy atom. The first-order valence-electron chi connectivity index (χ1n) is 6.29. The Kier molecular flexibility index (Phi) is 7.33. The lowest BCUT2D eigenvalue weighted by atomic mass is 10.0. The molecule has 0 heterocycles. The molecule has 2 atom stereocenters. The van der Waals surface area contributed by atoms with Gasteiger partial charge >= 0.3 is 0 Å². The molecule has 0 aliphatic heterocycles. The minimum atomic E-state index is -0.405. The molecule has 1 aromatic carbocycles. The lowest BCUT2D eigenvalue weighted by molar-refractivity contribution is 0.167. The molecule has 3 heteroatoms. The zero-order valence-electron chi connectivity index (χ0n) is 10.5. The van der Waals surface area contributed by atoms with Crippen molar-refractivity contribution < 1.29 is 5.11 Å². The van der Waals surface area contributed by atoms with Crippen LogP contribution in [0.2, 0.25) is 0 Å². The molecular weight excluding hydrogens is 230 g/mol. The van der Waals surface area contributed by atoms with E-state index in [1.165, 1.54) is 18.4 Å². The van der Waals surface area contributed by atoms with E-state index in [9.17, 15) is 5.11 Å².